The molecule has 1 aromatic heterocycles. The number of anilines is 1. The number of carbonyl (C=O) groups is 1. The van der Waals surface area contributed by atoms with E-state index in [-0.39, 0.29) is 6.61 Å². The summed E-state index contributed by atoms with van der Waals surface area (Å²) >= 11 is 6.00. The number of rotatable bonds is 7. The number of nitrogens with one attached hydrogen (secondary N) is 1. The van der Waals surface area contributed by atoms with Crippen molar-refractivity contribution in [1.82, 2.24) is 14.8 Å². The molecule has 3 rings (SSSR count). The fourth-order valence-corrected chi connectivity index (χ4v) is 2.95. The van der Waals surface area contributed by atoms with E-state index in [1.807, 2.05) is 26.0 Å². The zero-order valence-electron chi connectivity index (χ0n) is 14.7. The molecule has 0 aliphatic carbocycles. The molecule has 1 N–H and O–H groups in total. The van der Waals surface area contributed by atoms with E-state index in [2.05, 4.69) is 15.4 Å². The van der Waals surface area contributed by atoms with Gasteiger partial charge in [0.15, 0.2) is 0 Å². The maximum absolute atomic E-state index is 12.8. The first-order valence-corrected chi connectivity index (χ1v) is 8.87. The zero-order valence-corrected chi connectivity index (χ0v) is 15.5. The molecule has 2 heterocycles. The molecule has 1 aliphatic rings. The Morgan fingerprint density at radius 2 is 2.04 bits per heavy atom. The van der Waals surface area contributed by atoms with Crippen LogP contribution < -0.4 is 5.32 Å². The van der Waals surface area contributed by atoms with Crippen LogP contribution in [-0.2, 0) is 14.3 Å². The highest BCUT2D eigenvalue weighted by Crippen LogP contribution is 2.35. The summed E-state index contributed by atoms with van der Waals surface area (Å²) in [6.45, 7) is 5.08. The summed E-state index contributed by atoms with van der Waals surface area (Å²) in [5, 5.41) is 8.00. The highest BCUT2D eigenvalue weighted by molar-refractivity contribution is 6.30. The Kier molecular flexibility index (Phi) is 5.90. The van der Waals surface area contributed by atoms with E-state index in [0.29, 0.717) is 35.5 Å². The molecule has 0 unspecified atom stereocenters. The summed E-state index contributed by atoms with van der Waals surface area (Å²) in [6.07, 6.45) is 2.38. The Hall–Kier alpha value is -2.38. The number of hydrogen-bond donors (Lipinski definition) is 1. The van der Waals surface area contributed by atoms with E-state index < -0.39 is 12.0 Å². The van der Waals surface area contributed by atoms with Gasteiger partial charge in [0.05, 0.1) is 12.2 Å². The smallest absolute Gasteiger partial charge is 0.338 e. The maximum Gasteiger partial charge on any atom is 0.338 e. The molecule has 1 atom stereocenters. The Labute approximate surface area is 157 Å². The summed E-state index contributed by atoms with van der Waals surface area (Å²) in [5.74, 6) is 0.168. The third-order valence-electron chi connectivity index (χ3n) is 4.01. The molecule has 0 saturated heterocycles. The maximum atomic E-state index is 12.8. The Morgan fingerprint density at radius 3 is 2.77 bits per heavy atom. The number of hydrogen-bond acceptors (Lipinski definition) is 6. The summed E-state index contributed by atoms with van der Waals surface area (Å²) in [4.78, 5) is 17.0. The van der Waals surface area contributed by atoms with Crippen LogP contribution in [0.2, 0.25) is 5.02 Å². The molecule has 0 amide bonds. The van der Waals surface area contributed by atoms with Crippen molar-refractivity contribution in [3.05, 3.63) is 52.4 Å². The lowest BCUT2D eigenvalue weighted by Crippen LogP contribution is -2.30. The molecule has 1 aliphatic heterocycles. The summed E-state index contributed by atoms with van der Waals surface area (Å²) < 4.78 is 12.4. The van der Waals surface area contributed by atoms with Crippen LogP contribution in [-0.4, -0.2) is 40.6 Å². The second-order valence-electron chi connectivity index (χ2n) is 5.89. The third-order valence-corrected chi connectivity index (χ3v) is 4.26. The monoisotopic (exact) mass is 376 g/mol. The molecule has 26 heavy (non-hydrogen) atoms. The molecule has 0 spiro atoms. The van der Waals surface area contributed by atoms with Crippen molar-refractivity contribution in [3.8, 4) is 0 Å². The van der Waals surface area contributed by atoms with Crippen LogP contribution in [0.5, 0.6) is 0 Å². The van der Waals surface area contributed by atoms with Gasteiger partial charge < -0.3 is 14.8 Å². The molecule has 0 fully saturated rings. The lowest BCUT2D eigenvalue weighted by Gasteiger charge is -2.28. The van der Waals surface area contributed by atoms with Gasteiger partial charge >= 0.3 is 5.97 Å². The number of ether oxygens (including phenoxy) is 2. The molecule has 138 valence electrons. The average molecular weight is 377 g/mol. The molecule has 1 aromatic carbocycles. The zero-order chi connectivity index (χ0) is 18.5. The third kappa shape index (κ3) is 3.89. The Balaban J connectivity index is 1.85. The van der Waals surface area contributed by atoms with Gasteiger partial charge in [0.25, 0.3) is 0 Å². The number of fused-ring (bicyclic) bond motifs is 1. The van der Waals surface area contributed by atoms with Crippen LogP contribution in [0, 0.1) is 0 Å². The quantitative estimate of drug-likeness (QED) is 0.590. The van der Waals surface area contributed by atoms with Gasteiger partial charge in [-0.25, -0.2) is 9.48 Å². The lowest BCUT2D eigenvalue weighted by molar-refractivity contribution is -0.141. The largest absolute Gasteiger partial charge is 0.460 e. The minimum absolute atomic E-state index is 0.202. The van der Waals surface area contributed by atoms with Gasteiger partial charge in [0.1, 0.15) is 19.0 Å². The van der Waals surface area contributed by atoms with Crippen molar-refractivity contribution in [1.29, 1.82) is 0 Å². The molecular formula is C18H21ClN4O3. The van der Waals surface area contributed by atoms with E-state index in [1.54, 1.807) is 16.8 Å². The number of carbonyl (C=O) groups excluding carboxylic acids is 1. The van der Waals surface area contributed by atoms with Crippen LogP contribution in [0.3, 0.4) is 0 Å². The van der Waals surface area contributed by atoms with Crippen molar-refractivity contribution in [2.45, 2.75) is 26.3 Å². The molecule has 0 radical (unpaired) electrons. The van der Waals surface area contributed by atoms with Crippen LogP contribution in [0.25, 0.3) is 0 Å². The number of esters is 1. The summed E-state index contributed by atoms with van der Waals surface area (Å²) in [6, 6.07) is 6.87. The second-order valence-corrected chi connectivity index (χ2v) is 6.33. The molecular weight excluding hydrogens is 356 g/mol. The first-order chi connectivity index (χ1) is 12.6. The normalized spacial score (nSPS) is 16.2. The standard InChI is InChI=1S/C18H21ClN4O3/c1-3-8-25-9-10-26-17(24)15-12(2)22-18-20-11-21-23(18)16(15)13-4-6-14(19)7-5-13/h4-7,11,16H,3,8-10H2,1-2H3,(H,20,21,22)/t16-/m0/s1. The van der Waals surface area contributed by atoms with Crippen molar-refractivity contribution in [3.63, 3.8) is 0 Å². The lowest BCUT2D eigenvalue weighted by atomic mass is 9.96. The number of allylic oxidation sites excluding steroid dienone is 1. The Bertz CT molecular complexity index is 801. The van der Waals surface area contributed by atoms with Gasteiger partial charge in [-0.1, -0.05) is 30.7 Å². The average Bonchev–Trinajstić information content (AvgIpc) is 3.09. The number of benzene rings is 1. The minimum Gasteiger partial charge on any atom is -0.460 e. The van der Waals surface area contributed by atoms with Crippen molar-refractivity contribution in [2.75, 3.05) is 25.1 Å². The van der Waals surface area contributed by atoms with Crippen molar-refractivity contribution < 1.29 is 14.3 Å². The van der Waals surface area contributed by atoms with E-state index >= 15 is 0 Å². The number of halogens is 1. The van der Waals surface area contributed by atoms with Crippen LogP contribution in [0.4, 0.5) is 5.95 Å². The molecule has 0 saturated carbocycles. The predicted octanol–water partition coefficient (Wildman–Crippen LogP) is 3.19. The van der Waals surface area contributed by atoms with Crippen LogP contribution in [0.1, 0.15) is 31.9 Å². The minimum atomic E-state index is -0.435. The highest BCUT2D eigenvalue weighted by atomic mass is 35.5. The van der Waals surface area contributed by atoms with Crippen LogP contribution >= 0.6 is 11.6 Å². The van der Waals surface area contributed by atoms with Gasteiger partial charge in [-0.2, -0.15) is 10.1 Å². The predicted molar refractivity (Wildman–Crippen MR) is 98.0 cm³/mol. The van der Waals surface area contributed by atoms with E-state index in [9.17, 15) is 4.79 Å². The molecule has 0 bridgehead atoms. The highest BCUT2D eigenvalue weighted by Gasteiger charge is 2.34. The molecule has 7 nitrogen and oxygen atoms in total. The van der Waals surface area contributed by atoms with Crippen molar-refractivity contribution in [2.24, 2.45) is 0 Å². The molecule has 2 aromatic rings. The first kappa shape index (κ1) is 18.4. The van der Waals surface area contributed by atoms with Gasteiger partial charge in [-0.3, -0.25) is 0 Å². The summed E-state index contributed by atoms with van der Waals surface area (Å²) in [5.41, 5.74) is 2.04. The van der Waals surface area contributed by atoms with E-state index in [0.717, 1.165) is 12.0 Å². The van der Waals surface area contributed by atoms with Crippen molar-refractivity contribution >= 4 is 23.5 Å². The van der Waals surface area contributed by atoms with Gasteiger partial charge in [-0.15, -0.1) is 0 Å². The van der Waals surface area contributed by atoms with Gasteiger partial charge in [-0.05, 0) is 31.0 Å². The van der Waals surface area contributed by atoms with Gasteiger partial charge in [0.2, 0.25) is 5.95 Å². The van der Waals surface area contributed by atoms with Gasteiger partial charge in [0, 0.05) is 17.3 Å². The Morgan fingerprint density at radius 1 is 1.27 bits per heavy atom. The summed E-state index contributed by atoms with van der Waals surface area (Å²) in [7, 11) is 0. The number of nitrogens with zero attached hydrogens (tertiary/aromatic N) is 3. The topological polar surface area (TPSA) is 78.3 Å². The van der Waals surface area contributed by atoms with E-state index in [4.69, 9.17) is 21.1 Å². The SMILES string of the molecule is CCCOCCOC(=O)C1=C(C)Nc2ncnn2[C@H]1c1ccc(Cl)cc1. The first-order valence-electron chi connectivity index (χ1n) is 8.49. The fraction of sp³-hybridized carbons (Fsp3) is 0.389. The van der Waals surface area contributed by atoms with Crippen LogP contribution in [0.15, 0.2) is 41.9 Å². The fourth-order valence-electron chi connectivity index (χ4n) is 2.83. The molecule has 8 heteroatoms. The number of aromatic nitrogens is 3. The van der Waals surface area contributed by atoms with E-state index in [1.165, 1.54) is 6.33 Å². The second kappa shape index (κ2) is 8.33.